The minimum atomic E-state index is 0.546. The monoisotopic (exact) mass is 272 g/mol. The van der Waals surface area contributed by atoms with E-state index in [1.54, 1.807) is 11.3 Å². The summed E-state index contributed by atoms with van der Waals surface area (Å²) in [6.45, 7) is 2.04. The van der Waals surface area contributed by atoms with Crippen molar-refractivity contribution in [3.8, 4) is 0 Å². The first-order valence-electron chi connectivity index (χ1n) is 6.57. The Kier molecular flexibility index (Phi) is 3.60. The Morgan fingerprint density at radius 2 is 1.95 bits per heavy atom. The fourth-order valence-corrected chi connectivity index (χ4v) is 3.43. The second-order valence-electron chi connectivity index (χ2n) is 4.84. The average Bonchev–Trinajstić information content (AvgIpc) is 2.97. The molecule has 0 bridgehead atoms. The molecule has 1 aliphatic heterocycles. The van der Waals surface area contributed by atoms with Crippen LogP contribution in [-0.2, 0) is 0 Å². The van der Waals surface area contributed by atoms with Gasteiger partial charge in [0.05, 0.1) is 0 Å². The number of rotatable bonds is 3. The van der Waals surface area contributed by atoms with Gasteiger partial charge < -0.3 is 4.90 Å². The van der Waals surface area contributed by atoms with E-state index in [-0.39, 0.29) is 0 Å². The summed E-state index contributed by atoms with van der Waals surface area (Å²) in [5.41, 5.74) is 1.99. The first-order chi connectivity index (χ1) is 9.36. The van der Waals surface area contributed by atoms with Crippen molar-refractivity contribution in [3.63, 3.8) is 0 Å². The fourth-order valence-electron chi connectivity index (χ4n) is 2.60. The molecule has 0 unspecified atom stereocenters. The summed E-state index contributed by atoms with van der Waals surface area (Å²) in [6, 6.07) is 10.7. The SMILES string of the molecule is O=Cc1csc(N2CCC(c3ccccc3)CC2)n1. The van der Waals surface area contributed by atoms with Crippen molar-refractivity contribution in [3.05, 3.63) is 47.0 Å². The molecule has 1 aromatic heterocycles. The van der Waals surface area contributed by atoms with E-state index >= 15 is 0 Å². The van der Waals surface area contributed by atoms with E-state index in [2.05, 4.69) is 40.2 Å². The molecule has 0 amide bonds. The van der Waals surface area contributed by atoms with Crippen LogP contribution in [0.25, 0.3) is 0 Å². The van der Waals surface area contributed by atoms with Crippen LogP contribution in [0, 0.1) is 0 Å². The van der Waals surface area contributed by atoms with E-state index in [4.69, 9.17) is 0 Å². The van der Waals surface area contributed by atoms with Gasteiger partial charge >= 0.3 is 0 Å². The molecule has 4 heteroatoms. The van der Waals surface area contributed by atoms with Crippen molar-refractivity contribution < 1.29 is 4.79 Å². The maximum absolute atomic E-state index is 10.7. The number of piperidine rings is 1. The minimum absolute atomic E-state index is 0.546. The van der Waals surface area contributed by atoms with Crippen molar-refractivity contribution in [1.29, 1.82) is 0 Å². The van der Waals surface area contributed by atoms with E-state index in [0.717, 1.165) is 37.3 Å². The van der Waals surface area contributed by atoms with Gasteiger partial charge in [-0.25, -0.2) is 4.98 Å². The predicted molar refractivity (Wildman–Crippen MR) is 78.1 cm³/mol. The summed E-state index contributed by atoms with van der Waals surface area (Å²) in [5.74, 6) is 0.656. The molecule has 98 valence electrons. The highest BCUT2D eigenvalue weighted by Crippen LogP contribution is 2.31. The number of aldehydes is 1. The Morgan fingerprint density at radius 1 is 1.21 bits per heavy atom. The normalized spacial score (nSPS) is 16.5. The molecule has 1 aliphatic rings. The van der Waals surface area contributed by atoms with Crippen LogP contribution in [0.15, 0.2) is 35.7 Å². The third-order valence-corrected chi connectivity index (χ3v) is 4.59. The van der Waals surface area contributed by atoms with Gasteiger partial charge in [-0.05, 0) is 24.3 Å². The van der Waals surface area contributed by atoms with Crippen LogP contribution >= 0.6 is 11.3 Å². The highest BCUT2D eigenvalue weighted by molar-refractivity contribution is 7.13. The van der Waals surface area contributed by atoms with Gasteiger partial charge in [-0.15, -0.1) is 11.3 Å². The van der Waals surface area contributed by atoms with E-state index < -0.39 is 0 Å². The van der Waals surface area contributed by atoms with Gasteiger partial charge in [-0.1, -0.05) is 30.3 Å². The summed E-state index contributed by atoms with van der Waals surface area (Å²) in [5, 5.41) is 2.81. The van der Waals surface area contributed by atoms with Crippen LogP contribution in [-0.4, -0.2) is 24.4 Å². The Hall–Kier alpha value is -1.68. The fraction of sp³-hybridized carbons (Fsp3) is 0.333. The van der Waals surface area contributed by atoms with Crippen molar-refractivity contribution in [2.45, 2.75) is 18.8 Å². The molecule has 0 saturated carbocycles. The molecular weight excluding hydrogens is 256 g/mol. The summed E-state index contributed by atoms with van der Waals surface area (Å²) in [4.78, 5) is 17.3. The predicted octanol–water partition coefficient (Wildman–Crippen LogP) is 3.34. The molecule has 3 nitrogen and oxygen atoms in total. The van der Waals surface area contributed by atoms with Gasteiger partial charge in [-0.3, -0.25) is 4.79 Å². The van der Waals surface area contributed by atoms with Crippen molar-refractivity contribution in [1.82, 2.24) is 4.98 Å². The number of anilines is 1. The Bertz CT molecular complexity index is 544. The van der Waals surface area contributed by atoms with Gasteiger partial charge in [-0.2, -0.15) is 0 Å². The molecule has 1 fully saturated rings. The second kappa shape index (κ2) is 5.53. The summed E-state index contributed by atoms with van der Waals surface area (Å²) >= 11 is 1.56. The molecule has 1 aromatic carbocycles. The van der Waals surface area contributed by atoms with E-state index in [0.29, 0.717) is 11.6 Å². The van der Waals surface area contributed by atoms with Crippen LogP contribution < -0.4 is 4.90 Å². The molecule has 3 rings (SSSR count). The first-order valence-corrected chi connectivity index (χ1v) is 7.45. The topological polar surface area (TPSA) is 33.2 Å². The first kappa shape index (κ1) is 12.4. The van der Waals surface area contributed by atoms with Gasteiger partial charge in [0.1, 0.15) is 5.69 Å². The van der Waals surface area contributed by atoms with Gasteiger partial charge in [0.15, 0.2) is 11.4 Å². The molecule has 1 saturated heterocycles. The number of benzene rings is 1. The number of carbonyl (C=O) groups is 1. The van der Waals surface area contributed by atoms with Gasteiger partial charge in [0.25, 0.3) is 0 Å². The van der Waals surface area contributed by atoms with E-state index in [1.807, 2.05) is 5.38 Å². The Morgan fingerprint density at radius 3 is 2.58 bits per heavy atom. The third-order valence-electron chi connectivity index (χ3n) is 3.67. The minimum Gasteiger partial charge on any atom is -0.348 e. The van der Waals surface area contributed by atoms with Crippen LogP contribution in [0.1, 0.15) is 34.8 Å². The number of aromatic nitrogens is 1. The lowest BCUT2D eigenvalue weighted by atomic mass is 9.90. The van der Waals surface area contributed by atoms with Crippen LogP contribution in [0.2, 0.25) is 0 Å². The van der Waals surface area contributed by atoms with Gasteiger partial charge in [0, 0.05) is 18.5 Å². The maximum Gasteiger partial charge on any atom is 0.185 e. The smallest absolute Gasteiger partial charge is 0.185 e. The van der Waals surface area contributed by atoms with E-state index in [9.17, 15) is 4.79 Å². The van der Waals surface area contributed by atoms with Crippen molar-refractivity contribution in [2.75, 3.05) is 18.0 Å². The van der Waals surface area contributed by atoms with Crippen molar-refractivity contribution in [2.24, 2.45) is 0 Å². The number of nitrogens with zero attached hydrogens (tertiary/aromatic N) is 2. The molecule has 2 heterocycles. The van der Waals surface area contributed by atoms with Crippen LogP contribution in [0.4, 0.5) is 5.13 Å². The lowest BCUT2D eigenvalue weighted by Gasteiger charge is -2.31. The maximum atomic E-state index is 10.7. The quantitative estimate of drug-likeness (QED) is 0.803. The Balaban J connectivity index is 1.65. The lowest BCUT2D eigenvalue weighted by Crippen LogP contribution is -2.32. The molecule has 0 atom stereocenters. The molecule has 0 spiro atoms. The molecular formula is C15H16N2OS. The molecule has 0 aliphatic carbocycles. The molecule has 0 radical (unpaired) electrons. The van der Waals surface area contributed by atoms with E-state index in [1.165, 1.54) is 5.56 Å². The van der Waals surface area contributed by atoms with Crippen LogP contribution in [0.5, 0.6) is 0 Å². The average molecular weight is 272 g/mol. The number of hydrogen-bond acceptors (Lipinski definition) is 4. The summed E-state index contributed by atoms with van der Waals surface area (Å²) in [7, 11) is 0. The standard InChI is InChI=1S/C15H16N2OS/c18-10-14-11-19-15(16-14)17-8-6-13(7-9-17)12-4-2-1-3-5-12/h1-5,10-11,13H,6-9H2. The zero-order valence-corrected chi connectivity index (χ0v) is 11.5. The largest absolute Gasteiger partial charge is 0.348 e. The van der Waals surface area contributed by atoms with Crippen molar-refractivity contribution >= 4 is 22.8 Å². The number of hydrogen-bond donors (Lipinski definition) is 0. The number of thiazole rings is 1. The zero-order valence-electron chi connectivity index (χ0n) is 10.7. The second-order valence-corrected chi connectivity index (χ2v) is 5.68. The van der Waals surface area contributed by atoms with Gasteiger partial charge in [0.2, 0.25) is 0 Å². The molecule has 2 aromatic rings. The highest BCUT2D eigenvalue weighted by atomic mass is 32.1. The zero-order chi connectivity index (χ0) is 13.1. The highest BCUT2D eigenvalue weighted by Gasteiger charge is 2.22. The van der Waals surface area contributed by atoms with Crippen LogP contribution in [0.3, 0.4) is 0 Å². The lowest BCUT2D eigenvalue weighted by molar-refractivity contribution is 0.111. The summed E-state index contributed by atoms with van der Waals surface area (Å²) in [6.07, 6.45) is 3.12. The third kappa shape index (κ3) is 2.68. The molecule has 19 heavy (non-hydrogen) atoms. The summed E-state index contributed by atoms with van der Waals surface area (Å²) < 4.78 is 0. The Labute approximate surface area is 116 Å². The number of carbonyl (C=O) groups excluding carboxylic acids is 1. The molecule has 0 N–H and O–H groups in total.